The summed E-state index contributed by atoms with van der Waals surface area (Å²) in [7, 11) is 0. The number of hydrogen-bond acceptors (Lipinski definition) is 2. The molecule has 1 unspecified atom stereocenters. The predicted molar refractivity (Wildman–Crippen MR) is 82.3 cm³/mol. The van der Waals surface area contributed by atoms with Crippen molar-refractivity contribution in [3.63, 3.8) is 0 Å². The summed E-state index contributed by atoms with van der Waals surface area (Å²) in [4.78, 5) is 14.1. The molecule has 1 aromatic carbocycles. The second kappa shape index (κ2) is 6.63. The number of rotatable bonds is 6. The van der Waals surface area contributed by atoms with E-state index < -0.39 is 17.8 Å². The zero-order chi connectivity index (χ0) is 17.3. The molecule has 0 spiro atoms. The lowest BCUT2D eigenvalue weighted by Crippen LogP contribution is -2.44. The van der Waals surface area contributed by atoms with Crippen LogP contribution >= 0.6 is 0 Å². The zero-order valence-electron chi connectivity index (χ0n) is 13.2. The highest BCUT2D eigenvalue weighted by molar-refractivity contribution is 5.75. The highest BCUT2D eigenvalue weighted by Crippen LogP contribution is 2.42. The van der Waals surface area contributed by atoms with Gasteiger partial charge in [0.15, 0.2) is 0 Å². The van der Waals surface area contributed by atoms with Crippen LogP contribution in [0.4, 0.5) is 18.0 Å². The lowest BCUT2D eigenvalue weighted by Gasteiger charge is -2.26. The van der Waals surface area contributed by atoms with Crippen molar-refractivity contribution in [2.75, 3.05) is 13.2 Å². The van der Waals surface area contributed by atoms with Crippen molar-refractivity contribution in [2.24, 2.45) is 5.92 Å². The Morgan fingerprint density at radius 2 is 2.00 bits per heavy atom. The molecule has 132 valence electrons. The maximum Gasteiger partial charge on any atom is 0.416 e. The maximum absolute atomic E-state index is 12.9. The molecule has 2 saturated carbocycles. The topological polar surface area (TPSA) is 52.6 Å². The molecule has 7 heteroatoms. The summed E-state index contributed by atoms with van der Waals surface area (Å²) < 4.78 is 38.8. The van der Waals surface area contributed by atoms with Gasteiger partial charge in [-0.1, -0.05) is 12.1 Å². The van der Waals surface area contributed by atoms with E-state index in [9.17, 15) is 18.0 Å². The van der Waals surface area contributed by atoms with Gasteiger partial charge in [-0.2, -0.15) is 13.2 Å². The minimum Gasteiger partial charge on any atom is -0.395 e. The first-order chi connectivity index (χ1) is 11.4. The number of urea groups is 1. The van der Waals surface area contributed by atoms with Crippen LogP contribution in [0.25, 0.3) is 0 Å². The van der Waals surface area contributed by atoms with E-state index in [4.69, 9.17) is 5.11 Å². The van der Waals surface area contributed by atoms with Gasteiger partial charge in [0.1, 0.15) is 0 Å². The number of alkyl halides is 3. The van der Waals surface area contributed by atoms with Crippen molar-refractivity contribution in [1.82, 2.24) is 10.2 Å². The molecular formula is C17H21F3N2O2. The van der Waals surface area contributed by atoms with Crippen molar-refractivity contribution < 1.29 is 23.1 Å². The molecule has 4 nitrogen and oxygen atoms in total. The average molecular weight is 342 g/mol. The Hall–Kier alpha value is -1.76. The molecule has 0 saturated heterocycles. The summed E-state index contributed by atoms with van der Waals surface area (Å²) in [6.07, 6.45) is -0.795. The van der Waals surface area contributed by atoms with E-state index in [0.717, 1.165) is 37.8 Å². The quantitative estimate of drug-likeness (QED) is 0.833. The standard InChI is InChI=1S/C17H21F3N2O2/c18-17(19,20)13-3-1-2-12(10-13)15(11-4-5-11)21-16(24)22(8-9-23)14-6-7-14/h1-3,10-11,14-15,23H,4-9H2,(H,21,24). The summed E-state index contributed by atoms with van der Waals surface area (Å²) in [5.74, 6) is 0.174. The van der Waals surface area contributed by atoms with E-state index in [1.807, 2.05) is 0 Å². The number of nitrogens with zero attached hydrogens (tertiary/aromatic N) is 1. The number of aliphatic hydroxyl groups is 1. The molecule has 24 heavy (non-hydrogen) atoms. The molecule has 1 atom stereocenters. The van der Waals surface area contributed by atoms with Gasteiger partial charge in [-0.15, -0.1) is 0 Å². The smallest absolute Gasteiger partial charge is 0.395 e. The monoisotopic (exact) mass is 342 g/mol. The second-order valence-electron chi connectivity index (χ2n) is 6.54. The molecule has 2 aliphatic rings. The normalized spacial score (nSPS) is 19.0. The number of halogens is 3. The molecule has 0 radical (unpaired) electrons. The Morgan fingerprint density at radius 1 is 1.29 bits per heavy atom. The number of benzene rings is 1. The first-order valence-electron chi connectivity index (χ1n) is 8.25. The minimum atomic E-state index is -4.40. The van der Waals surface area contributed by atoms with E-state index in [1.165, 1.54) is 6.07 Å². The lowest BCUT2D eigenvalue weighted by atomic mass is 10.00. The van der Waals surface area contributed by atoms with Crippen LogP contribution in [0.15, 0.2) is 24.3 Å². The van der Waals surface area contributed by atoms with Crippen LogP contribution in [0.5, 0.6) is 0 Å². The molecule has 0 aliphatic heterocycles. The molecule has 2 fully saturated rings. The minimum absolute atomic E-state index is 0.123. The Balaban J connectivity index is 1.76. The Morgan fingerprint density at radius 3 is 2.54 bits per heavy atom. The van der Waals surface area contributed by atoms with E-state index in [0.29, 0.717) is 5.56 Å². The number of aliphatic hydroxyl groups excluding tert-OH is 1. The van der Waals surface area contributed by atoms with Crippen LogP contribution in [-0.4, -0.2) is 35.2 Å². The maximum atomic E-state index is 12.9. The molecular weight excluding hydrogens is 321 g/mol. The summed E-state index contributed by atoms with van der Waals surface area (Å²) in [6, 6.07) is 4.59. The highest BCUT2D eigenvalue weighted by Gasteiger charge is 2.38. The van der Waals surface area contributed by atoms with Gasteiger partial charge in [-0.05, 0) is 49.3 Å². The number of amides is 2. The van der Waals surface area contributed by atoms with Gasteiger partial charge in [0, 0.05) is 12.6 Å². The fourth-order valence-electron chi connectivity index (χ4n) is 2.97. The van der Waals surface area contributed by atoms with Crippen molar-refractivity contribution in [1.29, 1.82) is 0 Å². The van der Waals surface area contributed by atoms with Gasteiger partial charge in [-0.25, -0.2) is 4.79 Å². The summed E-state index contributed by atoms with van der Waals surface area (Å²) >= 11 is 0. The van der Waals surface area contributed by atoms with Crippen LogP contribution in [0.3, 0.4) is 0 Å². The molecule has 2 N–H and O–H groups in total. The molecule has 3 rings (SSSR count). The highest BCUT2D eigenvalue weighted by atomic mass is 19.4. The first kappa shape index (κ1) is 17.1. The van der Waals surface area contributed by atoms with Crippen LogP contribution in [-0.2, 0) is 6.18 Å². The Labute approximate surface area is 138 Å². The molecule has 2 aliphatic carbocycles. The van der Waals surface area contributed by atoms with Gasteiger partial charge in [-0.3, -0.25) is 0 Å². The molecule has 0 heterocycles. The second-order valence-corrected chi connectivity index (χ2v) is 6.54. The lowest BCUT2D eigenvalue weighted by molar-refractivity contribution is -0.137. The number of hydrogen-bond donors (Lipinski definition) is 2. The average Bonchev–Trinajstić information content (AvgIpc) is 3.42. The van der Waals surface area contributed by atoms with Crippen LogP contribution in [0.1, 0.15) is 42.9 Å². The first-order valence-corrected chi connectivity index (χ1v) is 8.25. The third kappa shape index (κ3) is 4.01. The van der Waals surface area contributed by atoms with Crippen LogP contribution < -0.4 is 5.32 Å². The van der Waals surface area contributed by atoms with Gasteiger partial charge in [0.25, 0.3) is 0 Å². The van der Waals surface area contributed by atoms with Crippen molar-refractivity contribution in [3.8, 4) is 0 Å². The number of carbonyl (C=O) groups excluding carboxylic acids is 1. The van der Waals surface area contributed by atoms with Gasteiger partial charge >= 0.3 is 12.2 Å². The third-order valence-corrected chi connectivity index (χ3v) is 4.53. The largest absolute Gasteiger partial charge is 0.416 e. The van der Waals surface area contributed by atoms with Gasteiger partial charge < -0.3 is 15.3 Å². The number of nitrogens with one attached hydrogen (secondary N) is 1. The summed E-state index contributed by atoms with van der Waals surface area (Å²) in [6.45, 7) is 0.123. The molecule has 2 amide bonds. The van der Waals surface area contributed by atoms with Crippen LogP contribution in [0, 0.1) is 5.92 Å². The van der Waals surface area contributed by atoms with E-state index in [2.05, 4.69) is 5.32 Å². The SMILES string of the molecule is O=C(NC(c1cccc(C(F)(F)F)c1)C1CC1)N(CCO)C1CC1. The van der Waals surface area contributed by atoms with E-state index in [-0.39, 0.29) is 31.1 Å². The van der Waals surface area contributed by atoms with E-state index in [1.54, 1.807) is 11.0 Å². The van der Waals surface area contributed by atoms with Crippen LogP contribution in [0.2, 0.25) is 0 Å². The Kier molecular flexibility index (Phi) is 4.71. The van der Waals surface area contributed by atoms with Crippen molar-refractivity contribution in [2.45, 2.75) is 43.9 Å². The van der Waals surface area contributed by atoms with E-state index >= 15 is 0 Å². The van der Waals surface area contributed by atoms with Crippen molar-refractivity contribution in [3.05, 3.63) is 35.4 Å². The van der Waals surface area contributed by atoms with Crippen molar-refractivity contribution >= 4 is 6.03 Å². The summed E-state index contributed by atoms with van der Waals surface area (Å²) in [5.41, 5.74) is -0.213. The Bertz CT molecular complexity index is 598. The zero-order valence-corrected chi connectivity index (χ0v) is 13.2. The molecule has 1 aromatic rings. The summed E-state index contributed by atoms with van der Waals surface area (Å²) in [5, 5.41) is 12.0. The van der Waals surface area contributed by atoms with Gasteiger partial charge in [0.2, 0.25) is 0 Å². The fourth-order valence-corrected chi connectivity index (χ4v) is 2.97. The van der Waals surface area contributed by atoms with Gasteiger partial charge in [0.05, 0.1) is 18.2 Å². The third-order valence-electron chi connectivity index (χ3n) is 4.53. The number of carbonyl (C=O) groups is 1. The molecule has 0 bridgehead atoms. The molecule has 0 aromatic heterocycles. The predicted octanol–water partition coefficient (Wildman–Crippen LogP) is 3.32. The fraction of sp³-hybridized carbons (Fsp3) is 0.588.